The molecule has 0 saturated heterocycles. The standard InChI is InChI=1S/C14H23NO5/c1-20-12(16)9-8-11(14(18)19)15-13(17)10-6-4-2-3-5-7-10/h10-11H,2-9H2,1H3,(H,15,17)(H,18,19)/t11-/m0/s1. The second-order valence-corrected chi connectivity index (χ2v) is 5.20. The minimum atomic E-state index is -1.11. The van der Waals surface area contributed by atoms with Crippen molar-refractivity contribution in [2.75, 3.05) is 7.11 Å². The van der Waals surface area contributed by atoms with Crippen molar-refractivity contribution in [1.29, 1.82) is 0 Å². The van der Waals surface area contributed by atoms with Crippen molar-refractivity contribution in [3.63, 3.8) is 0 Å². The van der Waals surface area contributed by atoms with Gasteiger partial charge in [0.15, 0.2) is 0 Å². The minimum absolute atomic E-state index is 0.0155. The van der Waals surface area contributed by atoms with Gasteiger partial charge in [-0.15, -0.1) is 0 Å². The molecule has 0 aromatic carbocycles. The molecular formula is C14H23NO5. The molecule has 1 rings (SSSR count). The van der Waals surface area contributed by atoms with Gasteiger partial charge >= 0.3 is 11.9 Å². The summed E-state index contributed by atoms with van der Waals surface area (Å²) in [6.07, 6.45) is 5.96. The van der Waals surface area contributed by atoms with Gasteiger partial charge in [0.2, 0.25) is 5.91 Å². The second kappa shape index (κ2) is 8.55. The first-order chi connectivity index (χ1) is 9.54. The molecule has 0 unspecified atom stereocenters. The third-order valence-corrected chi connectivity index (χ3v) is 3.71. The number of esters is 1. The monoisotopic (exact) mass is 285 g/mol. The van der Waals surface area contributed by atoms with Crippen LogP contribution < -0.4 is 5.32 Å². The summed E-state index contributed by atoms with van der Waals surface area (Å²) in [6.45, 7) is 0. The maximum Gasteiger partial charge on any atom is 0.326 e. The summed E-state index contributed by atoms with van der Waals surface area (Å²) in [4.78, 5) is 34.3. The second-order valence-electron chi connectivity index (χ2n) is 5.20. The fourth-order valence-electron chi connectivity index (χ4n) is 2.45. The summed E-state index contributed by atoms with van der Waals surface area (Å²) in [6, 6.07) is -1.02. The van der Waals surface area contributed by atoms with Crippen LogP contribution in [0.25, 0.3) is 0 Å². The topological polar surface area (TPSA) is 92.7 Å². The van der Waals surface area contributed by atoms with Crippen LogP contribution in [0.3, 0.4) is 0 Å². The number of carboxylic acid groups (broad SMARTS) is 1. The fraction of sp³-hybridized carbons (Fsp3) is 0.786. The van der Waals surface area contributed by atoms with Crippen LogP contribution in [0, 0.1) is 5.92 Å². The number of carbonyl (C=O) groups excluding carboxylic acids is 2. The van der Waals surface area contributed by atoms with E-state index in [4.69, 9.17) is 5.11 Å². The number of nitrogens with one attached hydrogen (secondary N) is 1. The van der Waals surface area contributed by atoms with Gasteiger partial charge in [-0.1, -0.05) is 25.7 Å². The number of carboxylic acids is 1. The van der Waals surface area contributed by atoms with Crippen LogP contribution in [-0.4, -0.2) is 36.1 Å². The van der Waals surface area contributed by atoms with Crippen LogP contribution in [0.15, 0.2) is 0 Å². The van der Waals surface area contributed by atoms with E-state index in [1.165, 1.54) is 7.11 Å². The number of hydrogen-bond acceptors (Lipinski definition) is 4. The van der Waals surface area contributed by atoms with E-state index in [2.05, 4.69) is 10.1 Å². The molecule has 20 heavy (non-hydrogen) atoms. The summed E-state index contributed by atoms with van der Waals surface area (Å²) in [5, 5.41) is 11.6. The zero-order chi connectivity index (χ0) is 15.0. The van der Waals surface area contributed by atoms with Gasteiger partial charge in [-0.25, -0.2) is 4.79 Å². The van der Waals surface area contributed by atoms with Crippen LogP contribution in [0.2, 0.25) is 0 Å². The lowest BCUT2D eigenvalue weighted by molar-refractivity contribution is -0.144. The van der Waals surface area contributed by atoms with Gasteiger partial charge in [-0.2, -0.15) is 0 Å². The summed E-state index contributed by atoms with van der Waals surface area (Å²) < 4.78 is 4.47. The van der Waals surface area contributed by atoms with Crippen molar-refractivity contribution >= 4 is 17.8 Å². The quantitative estimate of drug-likeness (QED) is 0.569. The van der Waals surface area contributed by atoms with E-state index in [9.17, 15) is 14.4 Å². The van der Waals surface area contributed by atoms with Gasteiger partial charge in [-0.05, 0) is 19.3 Å². The molecule has 2 N–H and O–H groups in total. The number of ether oxygens (including phenoxy) is 1. The lowest BCUT2D eigenvalue weighted by Gasteiger charge is -2.18. The van der Waals surface area contributed by atoms with E-state index in [-0.39, 0.29) is 24.7 Å². The van der Waals surface area contributed by atoms with Gasteiger partial charge in [0.05, 0.1) is 7.11 Å². The Balaban J connectivity index is 2.49. The van der Waals surface area contributed by atoms with Crippen LogP contribution in [0.5, 0.6) is 0 Å². The van der Waals surface area contributed by atoms with E-state index < -0.39 is 18.0 Å². The molecule has 1 saturated carbocycles. The Bertz CT molecular complexity index is 347. The third-order valence-electron chi connectivity index (χ3n) is 3.71. The van der Waals surface area contributed by atoms with E-state index in [1.807, 2.05) is 0 Å². The Morgan fingerprint density at radius 2 is 1.80 bits per heavy atom. The molecule has 0 heterocycles. The Morgan fingerprint density at radius 3 is 2.30 bits per heavy atom. The van der Waals surface area contributed by atoms with Gasteiger partial charge in [0.1, 0.15) is 6.04 Å². The molecule has 0 aromatic heterocycles. The van der Waals surface area contributed by atoms with Gasteiger partial charge in [-0.3, -0.25) is 9.59 Å². The van der Waals surface area contributed by atoms with Crippen molar-refractivity contribution in [1.82, 2.24) is 5.32 Å². The van der Waals surface area contributed by atoms with Crippen LogP contribution in [0.4, 0.5) is 0 Å². The van der Waals surface area contributed by atoms with Crippen LogP contribution >= 0.6 is 0 Å². The van der Waals surface area contributed by atoms with Crippen LogP contribution in [0.1, 0.15) is 51.4 Å². The number of rotatable bonds is 6. The smallest absolute Gasteiger partial charge is 0.326 e. The summed E-state index contributed by atoms with van der Waals surface area (Å²) >= 11 is 0. The molecule has 1 atom stereocenters. The SMILES string of the molecule is COC(=O)CC[C@H](NC(=O)C1CCCCCC1)C(=O)O. The summed E-state index contributed by atoms with van der Waals surface area (Å²) in [5.41, 5.74) is 0. The van der Waals surface area contributed by atoms with Gasteiger partial charge in [0.25, 0.3) is 0 Å². The highest BCUT2D eigenvalue weighted by atomic mass is 16.5. The summed E-state index contributed by atoms with van der Waals surface area (Å²) in [5.74, 6) is -1.89. The molecule has 114 valence electrons. The number of aliphatic carboxylic acids is 1. The predicted molar refractivity (Wildman–Crippen MR) is 72.0 cm³/mol. The maximum absolute atomic E-state index is 12.1. The van der Waals surface area contributed by atoms with E-state index in [0.29, 0.717) is 0 Å². The molecule has 1 amide bonds. The Labute approximate surface area is 118 Å². The third kappa shape index (κ3) is 5.59. The fourth-order valence-corrected chi connectivity index (χ4v) is 2.45. The molecule has 1 fully saturated rings. The van der Waals surface area contributed by atoms with E-state index in [1.54, 1.807) is 0 Å². The number of methoxy groups -OCH3 is 1. The first kappa shape index (κ1) is 16.5. The van der Waals surface area contributed by atoms with E-state index in [0.717, 1.165) is 38.5 Å². The normalized spacial score (nSPS) is 17.9. The molecule has 0 radical (unpaired) electrons. The highest BCUT2D eigenvalue weighted by molar-refractivity contribution is 5.85. The molecule has 6 heteroatoms. The molecule has 0 spiro atoms. The van der Waals surface area contributed by atoms with Gasteiger partial charge in [0, 0.05) is 12.3 Å². The highest BCUT2D eigenvalue weighted by Gasteiger charge is 2.26. The van der Waals surface area contributed by atoms with Crippen molar-refractivity contribution in [3.8, 4) is 0 Å². The van der Waals surface area contributed by atoms with Crippen molar-refractivity contribution in [2.45, 2.75) is 57.4 Å². The Morgan fingerprint density at radius 1 is 1.20 bits per heavy atom. The molecule has 0 aliphatic heterocycles. The largest absolute Gasteiger partial charge is 0.480 e. The summed E-state index contributed by atoms with van der Waals surface area (Å²) in [7, 11) is 1.25. The lowest BCUT2D eigenvalue weighted by atomic mass is 9.98. The molecular weight excluding hydrogens is 262 g/mol. The highest BCUT2D eigenvalue weighted by Crippen LogP contribution is 2.23. The lowest BCUT2D eigenvalue weighted by Crippen LogP contribution is -2.43. The van der Waals surface area contributed by atoms with Crippen molar-refractivity contribution in [3.05, 3.63) is 0 Å². The van der Waals surface area contributed by atoms with Crippen LogP contribution in [-0.2, 0) is 19.1 Å². The average Bonchev–Trinajstić information content (AvgIpc) is 2.71. The number of carbonyl (C=O) groups is 3. The maximum atomic E-state index is 12.1. The average molecular weight is 285 g/mol. The van der Waals surface area contributed by atoms with E-state index >= 15 is 0 Å². The predicted octanol–water partition coefficient (Wildman–Crippen LogP) is 1.48. The molecule has 1 aliphatic rings. The Kier molecular flexibility index (Phi) is 7.04. The number of hydrogen-bond donors (Lipinski definition) is 2. The molecule has 1 aliphatic carbocycles. The zero-order valence-electron chi connectivity index (χ0n) is 11.9. The van der Waals surface area contributed by atoms with Crippen molar-refractivity contribution < 1.29 is 24.2 Å². The minimum Gasteiger partial charge on any atom is -0.480 e. The Hall–Kier alpha value is -1.59. The molecule has 0 bridgehead atoms. The van der Waals surface area contributed by atoms with Gasteiger partial charge < -0.3 is 15.2 Å². The zero-order valence-corrected chi connectivity index (χ0v) is 11.9. The number of amides is 1. The van der Waals surface area contributed by atoms with Crippen molar-refractivity contribution in [2.24, 2.45) is 5.92 Å². The first-order valence-electron chi connectivity index (χ1n) is 7.14. The molecule has 0 aromatic rings. The molecule has 6 nitrogen and oxygen atoms in total. The first-order valence-corrected chi connectivity index (χ1v) is 7.14.